The molecule has 0 aliphatic carbocycles. The minimum absolute atomic E-state index is 0.0391. The second-order valence-corrected chi connectivity index (χ2v) is 7.22. The number of benzene rings is 1. The molecule has 3 rings (SSSR count). The Hall–Kier alpha value is -2.26. The van der Waals surface area contributed by atoms with Gasteiger partial charge in [0.1, 0.15) is 6.67 Å². The smallest absolute Gasteiger partial charge is 0.337 e. The summed E-state index contributed by atoms with van der Waals surface area (Å²) in [5, 5.41) is 5.80. The molecule has 1 aromatic carbocycles. The summed E-state index contributed by atoms with van der Waals surface area (Å²) >= 11 is 6.15. The van der Waals surface area contributed by atoms with E-state index >= 15 is 0 Å². The number of hydrogen-bond acceptors (Lipinski definition) is 5. The highest BCUT2D eigenvalue weighted by Crippen LogP contribution is 2.17. The van der Waals surface area contributed by atoms with Gasteiger partial charge in [-0.15, -0.1) is 0 Å². The molecule has 9 heteroatoms. The van der Waals surface area contributed by atoms with Crippen LogP contribution in [-0.2, 0) is 16.1 Å². The van der Waals surface area contributed by atoms with Gasteiger partial charge in [-0.05, 0) is 37.7 Å². The zero-order chi connectivity index (χ0) is 18.7. The third-order valence-corrected chi connectivity index (χ3v) is 5.25. The molecular weight excluding hydrogens is 377 g/mol. The summed E-state index contributed by atoms with van der Waals surface area (Å²) in [6.07, 6.45) is 0.484. The summed E-state index contributed by atoms with van der Waals surface area (Å²) in [7, 11) is 0. The summed E-state index contributed by atoms with van der Waals surface area (Å²) in [6, 6.07) is 6.75. The van der Waals surface area contributed by atoms with Gasteiger partial charge in [0.15, 0.2) is 5.11 Å². The lowest BCUT2D eigenvalue weighted by Gasteiger charge is -2.27. The van der Waals surface area contributed by atoms with Crippen molar-refractivity contribution in [3.05, 3.63) is 45.2 Å². The van der Waals surface area contributed by atoms with Crippen molar-refractivity contribution in [3.63, 3.8) is 0 Å². The van der Waals surface area contributed by atoms with Crippen molar-refractivity contribution < 1.29 is 13.9 Å². The van der Waals surface area contributed by atoms with Crippen molar-refractivity contribution in [2.75, 3.05) is 13.3 Å². The van der Waals surface area contributed by atoms with Crippen LogP contribution in [0.4, 0.5) is 4.39 Å². The first-order valence-corrected chi connectivity index (χ1v) is 9.33. The molecule has 0 saturated heterocycles. The third-order valence-electron chi connectivity index (χ3n) is 4.07. The van der Waals surface area contributed by atoms with Gasteiger partial charge >= 0.3 is 10.8 Å². The van der Waals surface area contributed by atoms with E-state index in [2.05, 4.69) is 10.6 Å². The SMILES string of the molecule is CC1=C(C(=O)OCCCn2c(=O)sc3ccccc32)C(CF)NC(=S)N1. The summed E-state index contributed by atoms with van der Waals surface area (Å²) in [5.41, 5.74) is 1.57. The standard InChI is InChI=1S/C17H18FN3O3S2/c1-10-14(11(9-18)20-16(25)19-10)15(22)24-8-4-7-21-12-5-2-3-6-13(12)26-17(21)23/h2-3,5-6,11H,4,7-9H2,1H3,(H2,19,20,25). The van der Waals surface area contributed by atoms with E-state index in [1.54, 1.807) is 11.5 Å². The second kappa shape index (κ2) is 7.96. The summed E-state index contributed by atoms with van der Waals surface area (Å²) in [5.74, 6) is -0.588. The predicted molar refractivity (Wildman–Crippen MR) is 103 cm³/mol. The number of hydrogen-bond donors (Lipinski definition) is 2. The number of carbonyl (C=O) groups excluding carboxylic acids is 1. The number of aryl methyl sites for hydroxylation is 1. The van der Waals surface area contributed by atoms with Crippen molar-refractivity contribution in [3.8, 4) is 0 Å². The van der Waals surface area contributed by atoms with Crippen molar-refractivity contribution >= 4 is 44.9 Å². The van der Waals surface area contributed by atoms with Crippen LogP contribution in [0.1, 0.15) is 13.3 Å². The van der Waals surface area contributed by atoms with E-state index in [0.29, 0.717) is 18.7 Å². The zero-order valence-electron chi connectivity index (χ0n) is 14.1. The molecule has 1 aliphatic heterocycles. The predicted octanol–water partition coefficient (Wildman–Crippen LogP) is 2.09. The van der Waals surface area contributed by atoms with Crippen molar-refractivity contribution in [1.82, 2.24) is 15.2 Å². The molecular formula is C17H18FN3O3S2. The van der Waals surface area contributed by atoms with Gasteiger partial charge in [-0.25, -0.2) is 9.18 Å². The van der Waals surface area contributed by atoms with Gasteiger partial charge in [0.2, 0.25) is 0 Å². The molecule has 138 valence electrons. The Morgan fingerprint density at radius 1 is 1.42 bits per heavy atom. The molecule has 0 radical (unpaired) electrons. The van der Waals surface area contributed by atoms with Crippen LogP contribution < -0.4 is 15.5 Å². The number of aromatic nitrogens is 1. The minimum Gasteiger partial charge on any atom is -0.462 e. The van der Waals surface area contributed by atoms with E-state index in [4.69, 9.17) is 17.0 Å². The number of carbonyl (C=O) groups is 1. The number of allylic oxidation sites excluding steroid dienone is 1. The number of rotatable bonds is 6. The normalized spacial score (nSPS) is 17.2. The molecule has 2 heterocycles. The molecule has 1 unspecified atom stereocenters. The molecule has 2 aromatic rings. The van der Waals surface area contributed by atoms with Crippen LogP contribution in [-0.4, -0.2) is 35.0 Å². The van der Waals surface area contributed by atoms with E-state index in [0.717, 1.165) is 10.2 Å². The molecule has 1 atom stereocenters. The topological polar surface area (TPSA) is 72.4 Å². The fraction of sp³-hybridized carbons (Fsp3) is 0.353. The molecule has 0 amide bonds. The number of thiazole rings is 1. The van der Waals surface area contributed by atoms with Crippen LogP contribution >= 0.6 is 23.6 Å². The molecule has 0 fully saturated rings. The van der Waals surface area contributed by atoms with Gasteiger partial charge in [0, 0.05) is 12.2 Å². The Morgan fingerprint density at radius 3 is 2.96 bits per heavy atom. The monoisotopic (exact) mass is 395 g/mol. The number of thiocarbonyl (C=S) groups is 1. The maximum absolute atomic E-state index is 13.2. The van der Waals surface area contributed by atoms with E-state index in [-0.39, 0.29) is 22.2 Å². The molecule has 0 spiro atoms. The second-order valence-electron chi connectivity index (χ2n) is 5.82. The summed E-state index contributed by atoms with van der Waals surface area (Å²) in [4.78, 5) is 24.3. The first kappa shape index (κ1) is 18.5. The number of fused-ring (bicyclic) bond motifs is 1. The van der Waals surface area contributed by atoms with E-state index in [9.17, 15) is 14.0 Å². The lowest BCUT2D eigenvalue weighted by molar-refractivity contribution is -0.139. The lowest BCUT2D eigenvalue weighted by atomic mass is 10.0. The van der Waals surface area contributed by atoms with Gasteiger partial charge in [-0.1, -0.05) is 23.5 Å². The number of nitrogens with one attached hydrogen (secondary N) is 2. The lowest BCUT2D eigenvalue weighted by Crippen LogP contribution is -2.50. The fourth-order valence-corrected chi connectivity index (χ4v) is 4.08. The van der Waals surface area contributed by atoms with Crippen molar-refractivity contribution in [1.29, 1.82) is 0 Å². The Kier molecular flexibility index (Phi) is 5.67. The first-order valence-electron chi connectivity index (χ1n) is 8.11. The molecule has 1 aromatic heterocycles. The number of alkyl halides is 1. The van der Waals surface area contributed by atoms with Crippen LogP contribution in [0.25, 0.3) is 10.2 Å². The Bertz CT molecular complexity index is 935. The largest absolute Gasteiger partial charge is 0.462 e. The molecule has 2 N–H and O–H groups in total. The van der Waals surface area contributed by atoms with Crippen LogP contribution in [0.3, 0.4) is 0 Å². The van der Waals surface area contributed by atoms with Gasteiger partial charge in [0.05, 0.1) is 28.4 Å². The fourth-order valence-electron chi connectivity index (χ4n) is 2.87. The highest BCUT2D eigenvalue weighted by Gasteiger charge is 2.29. The van der Waals surface area contributed by atoms with Crippen LogP contribution in [0.2, 0.25) is 0 Å². The summed E-state index contributed by atoms with van der Waals surface area (Å²) in [6.45, 7) is 1.47. The van der Waals surface area contributed by atoms with E-state index in [1.165, 1.54) is 11.3 Å². The molecule has 26 heavy (non-hydrogen) atoms. The van der Waals surface area contributed by atoms with Gasteiger partial charge < -0.3 is 15.4 Å². The number of ether oxygens (including phenoxy) is 1. The van der Waals surface area contributed by atoms with Crippen molar-refractivity contribution in [2.24, 2.45) is 0 Å². The number of halogens is 1. The zero-order valence-corrected chi connectivity index (χ0v) is 15.7. The molecule has 1 aliphatic rings. The Morgan fingerprint density at radius 2 is 2.19 bits per heavy atom. The van der Waals surface area contributed by atoms with Crippen LogP contribution in [0.15, 0.2) is 40.3 Å². The highest BCUT2D eigenvalue weighted by molar-refractivity contribution is 7.80. The average molecular weight is 395 g/mol. The first-order chi connectivity index (χ1) is 12.5. The van der Waals surface area contributed by atoms with Gasteiger partial charge in [-0.3, -0.25) is 9.36 Å². The van der Waals surface area contributed by atoms with Crippen LogP contribution in [0, 0.1) is 0 Å². The molecule has 0 bridgehead atoms. The maximum atomic E-state index is 13.2. The highest BCUT2D eigenvalue weighted by atomic mass is 32.1. The van der Waals surface area contributed by atoms with Crippen LogP contribution in [0.5, 0.6) is 0 Å². The number of para-hydroxylation sites is 1. The van der Waals surface area contributed by atoms with Crippen molar-refractivity contribution in [2.45, 2.75) is 25.9 Å². The average Bonchev–Trinajstić information content (AvgIpc) is 2.93. The molecule has 0 saturated carbocycles. The molecule has 6 nitrogen and oxygen atoms in total. The Labute approximate surface area is 158 Å². The quantitative estimate of drug-likeness (QED) is 0.443. The van der Waals surface area contributed by atoms with E-state index < -0.39 is 18.7 Å². The van der Waals surface area contributed by atoms with Gasteiger partial charge in [0.25, 0.3) is 0 Å². The number of nitrogens with zero attached hydrogens (tertiary/aromatic N) is 1. The Balaban J connectivity index is 1.60. The maximum Gasteiger partial charge on any atom is 0.337 e. The third kappa shape index (κ3) is 3.78. The number of esters is 1. The summed E-state index contributed by atoms with van der Waals surface area (Å²) < 4.78 is 21.0. The van der Waals surface area contributed by atoms with E-state index in [1.807, 2.05) is 24.3 Å². The minimum atomic E-state index is -0.806. The van der Waals surface area contributed by atoms with Gasteiger partial charge in [-0.2, -0.15) is 0 Å².